The van der Waals surface area contributed by atoms with E-state index in [1.165, 1.54) is 12.8 Å². The quantitative estimate of drug-likeness (QED) is 0.821. The second kappa shape index (κ2) is 5.72. The van der Waals surface area contributed by atoms with Crippen molar-refractivity contribution >= 4 is 11.3 Å². The molecule has 1 N–H and O–H groups in total. The van der Waals surface area contributed by atoms with Crippen LogP contribution in [0.5, 0.6) is 5.75 Å². The Hall–Kier alpha value is -1.39. The van der Waals surface area contributed by atoms with Gasteiger partial charge in [0.15, 0.2) is 0 Å². The van der Waals surface area contributed by atoms with Crippen LogP contribution in [0.2, 0.25) is 0 Å². The summed E-state index contributed by atoms with van der Waals surface area (Å²) < 4.78 is 5.70. The van der Waals surface area contributed by atoms with Gasteiger partial charge in [-0.05, 0) is 44.0 Å². The van der Waals surface area contributed by atoms with Gasteiger partial charge in [0.1, 0.15) is 17.4 Å². The topological polar surface area (TPSA) is 34.1 Å². The van der Waals surface area contributed by atoms with E-state index in [2.05, 4.69) is 27.8 Å². The van der Waals surface area contributed by atoms with Crippen LogP contribution >= 0.6 is 11.3 Å². The molecule has 0 atom stereocenters. The highest BCUT2D eigenvalue weighted by molar-refractivity contribution is 7.13. The third-order valence-corrected chi connectivity index (χ3v) is 4.11. The van der Waals surface area contributed by atoms with Gasteiger partial charge in [0.25, 0.3) is 0 Å². The lowest BCUT2D eigenvalue weighted by atomic mass is 10.2. The first-order chi connectivity index (χ1) is 9.31. The van der Waals surface area contributed by atoms with Crippen LogP contribution in [0.1, 0.15) is 18.5 Å². The molecule has 19 heavy (non-hydrogen) atoms. The van der Waals surface area contributed by atoms with Crippen LogP contribution in [0, 0.1) is 6.92 Å². The fourth-order valence-corrected chi connectivity index (χ4v) is 2.70. The minimum Gasteiger partial charge on any atom is -0.492 e. The van der Waals surface area contributed by atoms with Crippen molar-refractivity contribution in [2.45, 2.75) is 25.8 Å². The summed E-state index contributed by atoms with van der Waals surface area (Å²) in [7, 11) is 0. The zero-order valence-corrected chi connectivity index (χ0v) is 11.9. The molecule has 0 radical (unpaired) electrons. The van der Waals surface area contributed by atoms with E-state index < -0.39 is 0 Å². The molecule has 4 heteroatoms. The lowest BCUT2D eigenvalue weighted by molar-refractivity contribution is 0.313. The van der Waals surface area contributed by atoms with Gasteiger partial charge in [-0.25, -0.2) is 4.98 Å². The van der Waals surface area contributed by atoms with Gasteiger partial charge in [-0.3, -0.25) is 0 Å². The van der Waals surface area contributed by atoms with Crippen LogP contribution in [-0.4, -0.2) is 24.2 Å². The van der Waals surface area contributed by atoms with Crippen molar-refractivity contribution < 1.29 is 4.74 Å². The van der Waals surface area contributed by atoms with Crippen molar-refractivity contribution in [2.24, 2.45) is 0 Å². The summed E-state index contributed by atoms with van der Waals surface area (Å²) in [5.41, 5.74) is 2.23. The van der Waals surface area contributed by atoms with E-state index >= 15 is 0 Å². The zero-order valence-electron chi connectivity index (χ0n) is 11.1. The van der Waals surface area contributed by atoms with Crippen molar-refractivity contribution in [3.05, 3.63) is 35.3 Å². The summed E-state index contributed by atoms with van der Waals surface area (Å²) in [6, 6.07) is 8.93. The SMILES string of the molecule is Cc1csc(-c2ccc(OCCNC3CC3)cc2)n1. The van der Waals surface area contributed by atoms with Gasteiger partial charge in [-0.2, -0.15) is 0 Å². The van der Waals surface area contributed by atoms with Gasteiger partial charge in [-0.15, -0.1) is 11.3 Å². The smallest absolute Gasteiger partial charge is 0.123 e. The molecule has 0 aliphatic heterocycles. The molecular formula is C15H18N2OS. The fourth-order valence-electron chi connectivity index (χ4n) is 1.90. The van der Waals surface area contributed by atoms with E-state index in [1.54, 1.807) is 11.3 Å². The van der Waals surface area contributed by atoms with E-state index in [1.807, 2.05) is 19.1 Å². The average Bonchev–Trinajstić information content (AvgIpc) is 3.16. The lowest BCUT2D eigenvalue weighted by Crippen LogP contribution is -2.22. The van der Waals surface area contributed by atoms with Crippen LogP contribution in [0.3, 0.4) is 0 Å². The summed E-state index contributed by atoms with van der Waals surface area (Å²) in [5.74, 6) is 0.926. The minimum atomic E-state index is 0.728. The Morgan fingerprint density at radius 2 is 2.11 bits per heavy atom. The van der Waals surface area contributed by atoms with E-state index in [-0.39, 0.29) is 0 Å². The molecule has 3 rings (SSSR count). The van der Waals surface area contributed by atoms with Crippen LogP contribution in [-0.2, 0) is 0 Å². The van der Waals surface area contributed by atoms with Gasteiger partial charge in [0.2, 0.25) is 0 Å². The molecule has 1 aliphatic carbocycles. The summed E-state index contributed by atoms with van der Waals surface area (Å²) >= 11 is 1.68. The fraction of sp³-hybridized carbons (Fsp3) is 0.400. The van der Waals surface area contributed by atoms with Crippen LogP contribution < -0.4 is 10.1 Å². The van der Waals surface area contributed by atoms with Crippen LogP contribution in [0.25, 0.3) is 10.6 Å². The van der Waals surface area contributed by atoms with Gasteiger partial charge >= 0.3 is 0 Å². The predicted octanol–water partition coefficient (Wildman–Crippen LogP) is 3.25. The molecule has 3 nitrogen and oxygen atoms in total. The van der Waals surface area contributed by atoms with Crippen molar-refractivity contribution in [1.82, 2.24) is 10.3 Å². The molecule has 1 saturated carbocycles. The molecule has 0 unspecified atom stereocenters. The number of rotatable bonds is 6. The number of hydrogen-bond donors (Lipinski definition) is 1. The highest BCUT2D eigenvalue weighted by atomic mass is 32.1. The number of aromatic nitrogens is 1. The standard InChI is InChI=1S/C15H18N2OS/c1-11-10-19-15(17-11)12-2-6-14(7-3-12)18-9-8-16-13-4-5-13/h2-3,6-7,10,13,16H,4-5,8-9H2,1H3. The monoisotopic (exact) mass is 274 g/mol. The van der Waals surface area contributed by atoms with Crippen molar-refractivity contribution in [3.8, 4) is 16.3 Å². The Labute approximate surface area is 117 Å². The molecule has 2 aromatic rings. The molecule has 1 aromatic heterocycles. The lowest BCUT2D eigenvalue weighted by Gasteiger charge is -2.07. The maximum atomic E-state index is 5.70. The number of thiazole rings is 1. The summed E-state index contributed by atoms with van der Waals surface area (Å²) in [6.07, 6.45) is 2.64. The highest BCUT2D eigenvalue weighted by Crippen LogP contribution is 2.25. The van der Waals surface area contributed by atoms with E-state index in [9.17, 15) is 0 Å². The molecule has 0 spiro atoms. The second-order valence-electron chi connectivity index (χ2n) is 4.90. The molecule has 100 valence electrons. The molecule has 1 heterocycles. The predicted molar refractivity (Wildman–Crippen MR) is 78.8 cm³/mol. The first kappa shape index (κ1) is 12.6. The maximum absolute atomic E-state index is 5.70. The molecule has 1 aromatic carbocycles. The largest absolute Gasteiger partial charge is 0.492 e. The van der Waals surface area contributed by atoms with Gasteiger partial charge in [0, 0.05) is 29.2 Å². The molecular weight excluding hydrogens is 256 g/mol. The minimum absolute atomic E-state index is 0.728. The van der Waals surface area contributed by atoms with Crippen LogP contribution in [0.15, 0.2) is 29.6 Å². The van der Waals surface area contributed by atoms with Crippen molar-refractivity contribution in [2.75, 3.05) is 13.2 Å². The Kier molecular flexibility index (Phi) is 3.80. The Balaban J connectivity index is 1.52. The van der Waals surface area contributed by atoms with Crippen molar-refractivity contribution in [3.63, 3.8) is 0 Å². The highest BCUT2D eigenvalue weighted by Gasteiger charge is 2.19. The summed E-state index contributed by atoms with van der Waals surface area (Å²) in [6.45, 7) is 3.68. The van der Waals surface area contributed by atoms with Gasteiger partial charge < -0.3 is 10.1 Å². The third-order valence-electron chi connectivity index (χ3n) is 3.10. The first-order valence-electron chi connectivity index (χ1n) is 6.70. The second-order valence-corrected chi connectivity index (χ2v) is 5.75. The zero-order chi connectivity index (χ0) is 13.1. The third kappa shape index (κ3) is 3.55. The Bertz CT molecular complexity index is 531. The summed E-state index contributed by atoms with van der Waals surface area (Å²) in [4.78, 5) is 4.48. The van der Waals surface area contributed by atoms with Gasteiger partial charge in [0.05, 0.1) is 0 Å². The Morgan fingerprint density at radius 1 is 1.32 bits per heavy atom. The first-order valence-corrected chi connectivity index (χ1v) is 7.58. The van der Waals surface area contributed by atoms with E-state index in [0.717, 1.165) is 41.2 Å². The van der Waals surface area contributed by atoms with Crippen molar-refractivity contribution in [1.29, 1.82) is 0 Å². The Morgan fingerprint density at radius 3 is 2.74 bits per heavy atom. The van der Waals surface area contributed by atoms with Gasteiger partial charge in [-0.1, -0.05) is 0 Å². The number of ether oxygens (including phenoxy) is 1. The average molecular weight is 274 g/mol. The van der Waals surface area contributed by atoms with Crippen LogP contribution in [0.4, 0.5) is 0 Å². The number of benzene rings is 1. The molecule has 1 fully saturated rings. The number of hydrogen-bond acceptors (Lipinski definition) is 4. The van der Waals surface area contributed by atoms with E-state index in [4.69, 9.17) is 4.74 Å². The molecule has 0 bridgehead atoms. The molecule has 0 amide bonds. The molecule has 1 aliphatic rings. The number of nitrogens with one attached hydrogen (secondary N) is 1. The number of nitrogens with zero attached hydrogens (tertiary/aromatic N) is 1. The molecule has 0 saturated heterocycles. The van der Waals surface area contributed by atoms with E-state index in [0.29, 0.717) is 0 Å². The number of aryl methyl sites for hydroxylation is 1. The normalized spacial score (nSPS) is 14.6. The summed E-state index contributed by atoms with van der Waals surface area (Å²) in [5, 5.41) is 6.58. The maximum Gasteiger partial charge on any atom is 0.123 e.